The maximum atomic E-state index is 5.39. The maximum absolute atomic E-state index is 5.39. The van der Waals surface area contributed by atoms with Crippen LogP contribution in [0.25, 0.3) is 0 Å². The van der Waals surface area contributed by atoms with E-state index in [0.29, 0.717) is 6.04 Å². The molecule has 1 aliphatic rings. The van der Waals surface area contributed by atoms with Crippen LogP contribution < -0.4 is 10.1 Å². The average Bonchev–Trinajstić information content (AvgIpc) is 2.84. The number of likely N-dealkylation sites (N-methyl/N-ethyl adjacent to an activating group) is 1. The summed E-state index contributed by atoms with van der Waals surface area (Å²) in [6.45, 7) is 5.12. The molecule has 1 atom stereocenters. The number of rotatable bonds is 5. The summed E-state index contributed by atoms with van der Waals surface area (Å²) in [7, 11) is 5.82. The second-order valence-corrected chi connectivity index (χ2v) is 5.10. The Morgan fingerprint density at radius 2 is 2.22 bits per heavy atom. The Balaban J connectivity index is 1.90. The minimum atomic E-state index is 0.674. The van der Waals surface area contributed by atoms with Gasteiger partial charge in [0, 0.05) is 26.2 Å². The van der Waals surface area contributed by atoms with Crippen molar-refractivity contribution in [2.24, 2.45) is 7.05 Å². The predicted octanol–water partition coefficient (Wildman–Crippen LogP) is 0.921. The molecule has 0 aromatic carbocycles. The summed E-state index contributed by atoms with van der Waals surface area (Å²) in [5, 5.41) is 7.92. The molecule has 1 N–H and O–H groups in total. The first-order chi connectivity index (χ1) is 8.63. The number of aryl methyl sites for hydroxylation is 2. The van der Waals surface area contributed by atoms with E-state index in [9.17, 15) is 0 Å². The molecule has 2 rings (SSSR count). The van der Waals surface area contributed by atoms with E-state index in [1.807, 2.05) is 14.0 Å². The van der Waals surface area contributed by atoms with Crippen molar-refractivity contribution in [3.8, 4) is 5.88 Å². The second-order valence-electron chi connectivity index (χ2n) is 5.10. The fourth-order valence-electron chi connectivity index (χ4n) is 2.74. The van der Waals surface area contributed by atoms with Crippen LogP contribution in [0.2, 0.25) is 0 Å². The van der Waals surface area contributed by atoms with Crippen LogP contribution in [0, 0.1) is 6.92 Å². The number of ether oxygens (including phenoxy) is 1. The van der Waals surface area contributed by atoms with Gasteiger partial charge in [-0.2, -0.15) is 5.10 Å². The standard InChI is InChI=1S/C13H24N4O/c1-10-12(13(18-4)17(3)15-10)9-14-8-11-6-5-7-16(11)2/h11,14H,5-9H2,1-4H3. The van der Waals surface area contributed by atoms with Gasteiger partial charge in [0.15, 0.2) is 0 Å². The molecule has 0 radical (unpaired) electrons. The van der Waals surface area contributed by atoms with Crippen LogP contribution in [0.15, 0.2) is 0 Å². The molecule has 5 nitrogen and oxygen atoms in total. The number of hydrogen-bond acceptors (Lipinski definition) is 4. The highest BCUT2D eigenvalue weighted by Crippen LogP contribution is 2.20. The van der Waals surface area contributed by atoms with Gasteiger partial charge >= 0.3 is 0 Å². The fraction of sp³-hybridized carbons (Fsp3) is 0.769. The van der Waals surface area contributed by atoms with Gasteiger partial charge in [-0.25, -0.2) is 4.68 Å². The lowest BCUT2D eigenvalue weighted by atomic mass is 10.2. The molecule has 0 amide bonds. The molecule has 1 aromatic rings. The first kappa shape index (κ1) is 13.4. The molecule has 0 bridgehead atoms. The van der Waals surface area contributed by atoms with E-state index >= 15 is 0 Å². The summed E-state index contributed by atoms with van der Waals surface area (Å²) in [5.41, 5.74) is 2.21. The lowest BCUT2D eigenvalue weighted by Crippen LogP contribution is -2.35. The number of methoxy groups -OCH3 is 1. The maximum Gasteiger partial charge on any atom is 0.216 e. The Morgan fingerprint density at radius 1 is 1.44 bits per heavy atom. The van der Waals surface area contributed by atoms with Crippen molar-refractivity contribution < 1.29 is 4.74 Å². The van der Waals surface area contributed by atoms with Crippen LogP contribution in [-0.4, -0.2) is 48.0 Å². The van der Waals surface area contributed by atoms with Crippen molar-refractivity contribution in [1.29, 1.82) is 0 Å². The largest absolute Gasteiger partial charge is 0.481 e. The van der Waals surface area contributed by atoms with E-state index < -0.39 is 0 Å². The first-order valence-corrected chi connectivity index (χ1v) is 6.61. The Morgan fingerprint density at radius 3 is 2.83 bits per heavy atom. The number of nitrogens with one attached hydrogen (secondary N) is 1. The molecule has 0 spiro atoms. The number of hydrogen-bond donors (Lipinski definition) is 1. The third kappa shape index (κ3) is 2.67. The van der Waals surface area contributed by atoms with Crippen molar-refractivity contribution in [2.75, 3.05) is 27.2 Å². The van der Waals surface area contributed by atoms with E-state index in [1.165, 1.54) is 24.9 Å². The minimum absolute atomic E-state index is 0.674. The van der Waals surface area contributed by atoms with E-state index in [1.54, 1.807) is 11.8 Å². The van der Waals surface area contributed by atoms with Gasteiger partial charge in [0.25, 0.3) is 0 Å². The molecular formula is C13H24N4O. The van der Waals surface area contributed by atoms with Crippen LogP contribution in [0.4, 0.5) is 0 Å². The molecule has 1 aliphatic heterocycles. The summed E-state index contributed by atoms with van der Waals surface area (Å²) >= 11 is 0. The Kier molecular flexibility index (Phi) is 4.24. The molecule has 2 heterocycles. The van der Waals surface area contributed by atoms with Crippen molar-refractivity contribution in [1.82, 2.24) is 20.0 Å². The van der Waals surface area contributed by atoms with Crippen molar-refractivity contribution in [2.45, 2.75) is 32.4 Å². The molecular weight excluding hydrogens is 228 g/mol. The number of aromatic nitrogens is 2. The van der Waals surface area contributed by atoms with Gasteiger partial charge < -0.3 is 15.0 Å². The van der Waals surface area contributed by atoms with Crippen LogP contribution in [0.1, 0.15) is 24.1 Å². The van der Waals surface area contributed by atoms with Gasteiger partial charge in [-0.3, -0.25) is 0 Å². The molecule has 1 unspecified atom stereocenters. The SMILES string of the molecule is COc1c(CNCC2CCCN2C)c(C)nn1C. The summed E-state index contributed by atoms with van der Waals surface area (Å²) in [6.07, 6.45) is 2.62. The summed E-state index contributed by atoms with van der Waals surface area (Å²) in [4.78, 5) is 2.43. The lowest BCUT2D eigenvalue weighted by molar-refractivity contribution is 0.299. The third-order valence-electron chi connectivity index (χ3n) is 3.84. The zero-order valence-corrected chi connectivity index (χ0v) is 11.9. The number of likely N-dealkylation sites (tertiary alicyclic amines) is 1. The zero-order chi connectivity index (χ0) is 13.1. The number of nitrogens with zero attached hydrogens (tertiary/aromatic N) is 3. The molecule has 1 saturated heterocycles. The van der Waals surface area contributed by atoms with Gasteiger partial charge in [0.2, 0.25) is 5.88 Å². The third-order valence-corrected chi connectivity index (χ3v) is 3.84. The van der Waals surface area contributed by atoms with Crippen molar-refractivity contribution in [3.05, 3.63) is 11.3 Å². The quantitative estimate of drug-likeness (QED) is 0.846. The zero-order valence-electron chi connectivity index (χ0n) is 11.9. The van der Waals surface area contributed by atoms with Crippen LogP contribution in [0.5, 0.6) is 5.88 Å². The molecule has 0 aliphatic carbocycles. The van der Waals surface area contributed by atoms with Crippen molar-refractivity contribution in [3.63, 3.8) is 0 Å². The normalized spacial score (nSPS) is 20.6. The van der Waals surface area contributed by atoms with Gasteiger partial charge in [-0.15, -0.1) is 0 Å². The molecule has 1 fully saturated rings. The average molecular weight is 252 g/mol. The van der Waals surface area contributed by atoms with E-state index in [0.717, 1.165) is 24.7 Å². The molecule has 1 aromatic heterocycles. The second kappa shape index (κ2) is 5.71. The minimum Gasteiger partial charge on any atom is -0.481 e. The summed E-state index contributed by atoms with van der Waals surface area (Å²) in [5.74, 6) is 0.861. The summed E-state index contributed by atoms with van der Waals surface area (Å²) < 4.78 is 7.19. The van der Waals surface area contributed by atoms with Gasteiger partial charge in [0.05, 0.1) is 18.4 Å². The van der Waals surface area contributed by atoms with Crippen LogP contribution >= 0.6 is 0 Å². The van der Waals surface area contributed by atoms with E-state index in [4.69, 9.17) is 4.74 Å². The highest BCUT2D eigenvalue weighted by molar-refractivity contribution is 5.30. The van der Waals surface area contributed by atoms with E-state index in [-0.39, 0.29) is 0 Å². The fourth-order valence-corrected chi connectivity index (χ4v) is 2.74. The Hall–Kier alpha value is -1.07. The van der Waals surface area contributed by atoms with Gasteiger partial charge in [0.1, 0.15) is 0 Å². The highest BCUT2D eigenvalue weighted by atomic mass is 16.5. The van der Waals surface area contributed by atoms with Gasteiger partial charge in [-0.05, 0) is 33.4 Å². The molecule has 18 heavy (non-hydrogen) atoms. The van der Waals surface area contributed by atoms with Gasteiger partial charge in [-0.1, -0.05) is 0 Å². The monoisotopic (exact) mass is 252 g/mol. The van der Waals surface area contributed by atoms with Crippen LogP contribution in [0.3, 0.4) is 0 Å². The Labute approximate surface area is 109 Å². The highest BCUT2D eigenvalue weighted by Gasteiger charge is 2.20. The first-order valence-electron chi connectivity index (χ1n) is 6.61. The molecule has 5 heteroatoms. The Bertz CT molecular complexity index is 402. The molecule has 102 valence electrons. The topological polar surface area (TPSA) is 42.3 Å². The smallest absolute Gasteiger partial charge is 0.216 e. The lowest BCUT2D eigenvalue weighted by Gasteiger charge is -2.19. The van der Waals surface area contributed by atoms with Crippen molar-refractivity contribution >= 4 is 0 Å². The predicted molar refractivity (Wildman–Crippen MR) is 71.9 cm³/mol. The molecule has 0 saturated carbocycles. The van der Waals surface area contributed by atoms with E-state index in [2.05, 4.69) is 22.4 Å². The summed E-state index contributed by atoms with van der Waals surface area (Å²) in [6, 6.07) is 0.674. The van der Waals surface area contributed by atoms with Crippen LogP contribution in [-0.2, 0) is 13.6 Å².